The van der Waals surface area contributed by atoms with Crippen molar-refractivity contribution in [2.45, 2.75) is 5.01 Å². The fourth-order valence-corrected chi connectivity index (χ4v) is 1.21. The molecule has 0 saturated carbocycles. The number of halogens is 1. The molecule has 0 aliphatic carbocycles. The maximum absolute atomic E-state index is 9.09. The molecule has 0 aromatic heterocycles. The number of rotatable bonds is 2. The van der Waals surface area contributed by atoms with E-state index in [2.05, 4.69) is 21.1 Å². The smallest absolute Gasteiger partial charge is 0.154 e. The maximum atomic E-state index is 9.09. The Kier molecular flexibility index (Phi) is 3.25. The molecule has 0 amide bonds. The highest BCUT2D eigenvalue weighted by molar-refractivity contribution is 9.09. The molecule has 0 spiro atoms. The Morgan fingerprint density at radius 1 is 1.33 bits per heavy atom. The van der Waals surface area contributed by atoms with Gasteiger partial charge in [0, 0.05) is 5.56 Å². The van der Waals surface area contributed by atoms with E-state index in [1.165, 1.54) is 0 Å². The van der Waals surface area contributed by atoms with Gasteiger partial charge in [0.2, 0.25) is 0 Å². The van der Waals surface area contributed by atoms with Gasteiger partial charge in [0.25, 0.3) is 0 Å². The van der Waals surface area contributed by atoms with Crippen LogP contribution in [0.4, 0.5) is 0 Å². The van der Waals surface area contributed by atoms with Crippen molar-refractivity contribution in [1.82, 2.24) is 0 Å². The maximum Gasteiger partial charge on any atom is 0.154 e. The molecule has 2 N–H and O–H groups in total. The molecule has 3 nitrogen and oxygen atoms in total. The van der Waals surface area contributed by atoms with Gasteiger partial charge in [-0.1, -0.05) is 51.4 Å². The number of oxime groups is 1. The second-order valence-electron chi connectivity index (χ2n) is 2.19. The number of alkyl halides is 1. The van der Waals surface area contributed by atoms with Crippen LogP contribution in [0.25, 0.3) is 0 Å². The number of aliphatic hydroxyl groups is 1. The number of aliphatic hydroxyl groups excluding tert-OH is 1. The van der Waals surface area contributed by atoms with Crippen molar-refractivity contribution >= 4 is 21.6 Å². The third-order valence-electron chi connectivity index (χ3n) is 1.40. The molecule has 0 radical (unpaired) electrons. The van der Waals surface area contributed by atoms with Gasteiger partial charge >= 0.3 is 0 Å². The molecule has 0 fully saturated rings. The quantitative estimate of drug-likeness (QED) is 0.350. The molecule has 1 unspecified atom stereocenters. The summed E-state index contributed by atoms with van der Waals surface area (Å²) in [6.07, 6.45) is 0. The summed E-state index contributed by atoms with van der Waals surface area (Å²) in [5, 5.41) is 19.7. The Labute approximate surface area is 78.5 Å². The zero-order chi connectivity index (χ0) is 8.97. The summed E-state index contributed by atoms with van der Waals surface area (Å²) in [6, 6.07) is 8.95. The lowest BCUT2D eigenvalue weighted by Crippen LogP contribution is -2.14. The van der Waals surface area contributed by atoms with Crippen LogP contribution >= 0.6 is 15.9 Å². The van der Waals surface area contributed by atoms with Gasteiger partial charge in [-0.05, 0) is 0 Å². The molecule has 1 aromatic rings. The van der Waals surface area contributed by atoms with Crippen molar-refractivity contribution in [2.24, 2.45) is 5.16 Å². The standard InChI is InChI=1S/C8H8BrNO2/c9-8(11)7(10-12)6-4-2-1-3-5-6/h1-5,8,11-12H/b10-7-. The van der Waals surface area contributed by atoms with E-state index in [0.29, 0.717) is 5.56 Å². The first kappa shape index (κ1) is 9.22. The lowest BCUT2D eigenvalue weighted by Gasteiger charge is -2.04. The van der Waals surface area contributed by atoms with E-state index in [9.17, 15) is 0 Å². The van der Waals surface area contributed by atoms with Gasteiger partial charge in [-0.2, -0.15) is 0 Å². The van der Waals surface area contributed by atoms with Crippen molar-refractivity contribution in [3.05, 3.63) is 35.9 Å². The zero-order valence-electron chi connectivity index (χ0n) is 6.18. The minimum atomic E-state index is -0.940. The normalized spacial score (nSPS) is 14.3. The number of hydrogen-bond donors (Lipinski definition) is 2. The molecule has 1 rings (SSSR count). The molecule has 0 heterocycles. The minimum Gasteiger partial charge on any atom is -0.411 e. The first-order valence-electron chi connectivity index (χ1n) is 3.35. The van der Waals surface area contributed by atoms with E-state index < -0.39 is 5.01 Å². The van der Waals surface area contributed by atoms with Crippen LogP contribution < -0.4 is 0 Å². The Morgan fingerprint density at radius 3 is 2.33 bits per heavy atom. The zero-order valence-corrected chi connectivity index (χ0v) is 7.77. The van der Waals surface area contributed by atoms with Crippen molar-refractivity contribution in [2.75, 3.05) is 0 Å². The van der Waals surface area contributed by atoms with Crippen molar-refractivity contribution in [3.63, 3.8) is 0 Å². The molecule has 0 aliphatic heterocycles. The molecule has 0 saturated heterocycles. The van der Waals surface area contributed by atoms with Gasteiger partial charge in [-0.15, -0.1) is 0 Å². The SMILES string of the molecule is O/N=C(/c1ccccc1)C(O)Br. The van der Waals surface area contributed by atoms with E-state index in [-0.39, 0.29) is 5.71 Å². The van der Waals surface area contributed by atoms with Crippen LogP contribution in [0.3, 0.4) is 0 Å². The predicted octanol–water partition coefficient (Wildman–Crippen LogP) is 1.58. The lowest BCUT2D eigenvalue weighted by atomic mass is 10.1. The molecule has 1 aromatic carbocycles. The van der Waals surface area contributed by atoms with Gasteiger partial charge < -0.3 is 10.3 Å². The van der Waals surface area contributed by atoms with E-state index >= 15 is 0 Å². The van der Waals surface area contributed by atoms with Crippen LogP contribution in [-0.2, 0) is 0 Å². The Balaban J connectivity index is 2.97. The molecule has 12 heavy (non-hydrogen) atoms. The first-order chi connectivity index (χ1) is 5.75. The van der Waals surface area contributed by atoms with Gasteiger partial charge in [0.1, 0.15) is 5.71 Å². The fourth-order valence-electron chi connectivity index (χ4n) is 0.852. The van der Waals surface area contributed by atoms with Crippen LogP contribution in [0.5, 0.6) is 0 Å². The lowest BCUT2D eigenvalue weighted by molar-refractivity contribution is 0.295. The second kappa shape index (κ2) is 4.23. The van der Waals surface area contributed by atoms with Gasteiger partial charge in [0.15, 0.2) is 5.01 Å². The summed E-state index contributed by atoms with van der Waals surface area (Å²) < 4.78 is 0. The Hall–Kier alpha value is -0.870. The average Bonchev–Trinajstić information content (AvgIpc) is 2.07. The molecule has 1 atom stereocenters. The largest absolute Gasteiger partial charge is 0.411 e. The van der Waals surface area contributed by atoms with E-state index in [0.717, 1.165) is 0 Å². The van der Waals surface area contributed by atoms with Gasteiger partial charge in [-0.3, -0.25) is 0 Å². The highest BCUT2D eigenvalue weighted by Gasteiger charge is 2.10. The van der Waals surface area contributed by atoms with E-state index in [1.54, 1.807) is 24.3 Å². The molecular weight excluding hydrogens is 222 g/mol. The molecular formula is C8H8BrNO2. The summed E-state index contributed by atoms with van der Waals surface area (Å²) in [6.45, 7) is 0. The summed E-state index contributed by atoms with van der Waals surface area (Å²) in [7, 11) is 0. The van der Waals surface area contributed by atoms with Crippen molar-refractivity contribution in [3.8, 4) is 0 Å². The number of nitrogens with zero attached hydrogens (tertiary/aromatic N) is 1. The third kappa shape index (κ3) is 2.06. The highest BCUT2D eigenvalue weighted by Crippen LogP contribution is 2.08. The van der Waals surface area contributed by atoms with Crippen LogP contribution in [0.15, 0.2) is 35.5 Å². The summed E-state index contributed by atoms with van der Waals surface area (Å²) in [4.78, 5) is 0. The van der Waals surface area contributed by atoms with E-state index in [4.69, 9.17) is 10.3 Å². The summed E-state index contributed by atoms with van der Waals surface area (Å²) in [5.41, 5.74) is 0.889. The topological polar surface area (TPSA) is 52.8 Å². The third-order valence-corrected chi connectivity index (χ3v) is 1.84. The van der Waals surface area contributed by atoms with Crippen LogP contribution in [-0.4, -0.2) is 21.0 Å². The van der Waals surface area contributed by atoms with Crippen molar-refractivity contribution < 1.29 is 10.3 Å². The van der Waals surface area contributed by atoms with Crippen molar-refractivity contribution in [1.29, 1.82) is 0 Å². The average molecular weight is 230 g/mol. The number of benzene rings is 1. The Morgan fingerprint density at radius 2 is 1.92 bits per heavy atom. The first-order valence-corrected chi connectivity index (χ1v) is 4.27. The Bertz CT molecular complexity index is 272. The molecule has 64 valence electrons. The van der Waals surface area contributed by atoms with Crippen LogP contribution in [0.2, 0.25) is 0 Å². The van der Waals surface area contributed by atoms with Gasteiger partial charge in [0.05, 0.1) is 0 Å². The van der Waals surface area contributed by atoms with Gasteiger partial charge in [-0.25, -0.2) is 0 Å². The fraction of sp³-hybridized carbons (Fsp3) is 0.125. The summed E-state index contributed by atoms with van der Waals surface area (Å²) >= 11 is 2.90. The van der Waals surface area contributed by atoms with Crippen LogP contribution in [0.1, 0.15) is 5.56 Å². The summed E-state index contributed by atoms with van der Waals surface area (Å²) in [5.74, 6) is 0. The van der Waals surface area contributed by atoms with E-state index in [1.807, 2.05) is 6.07 Å². The molecule has 4 heteroatoms. The molecule has 0 aliphatic rings. The number of hydrogen-bond acceptors (Lipinski definition) is 3. The monoisotopic (exact) mass is 229 g/mol. The molecule has 0 bridgehead atoms. The highest BCUT2D eigenvalue weighted by atomic mass is 79.9. The minimum absolute atomic E-state index is 0.204. The second-order valence-corrected chi connectivity index (χ2v) is 3.05. The predicted molar refractivity (Wildman–Crippen MR) is 49.7 cm³/mol. The van der Waals surface area contributed by atoms with Crippen LogP contribution in [0, 0.1) is 0 Å².